The Morgan fingerprint density at radius 2 is 1.93 bits per heavy atom. The van der Waals surface area contributed by atoms with E-state index in [-0.39, 0.29) is 18.8 Å². The lowest BCUT2D eigenvalue weighted by atomic mass is 10.2. The van der Waals surface area contributed by atoms with Gasteiger partial charge in [-0.05, 0) is 32.9 Å². The molecule has 8 heteroatoms. The fourth-order valence-electron chi connectivity index (χ4n) is 3.22. The Morgan fingerprint density at radius 3 is 2.56 bits per heavy atom. The third kappa shape index (κ3) is 5.00. The number of carbonyl (C=O) groups excluding carboxylic acids is 1. The lowest BCUT2D eigenvalue weighted by Crippen LogP contribution is -2.43. The van der Waals surface area contributed by atoms with Crippen molar-refractivity contribution in [1.82, 2.24) is 10.2 Å². The molecule has 1 aromatic carbocycles. The van der Waals surface area contributed by atoms with Crippen molar-refractivity contribution in [2.45, 2.75) is 38.6 Å². The van der Waals surface area contributed by atoms with Crippen LogP contribution in [0.3, 0.4) is 0 Å². The largest absolute Gasteiger partial charge is 0.485 e. The van der Waals surface area contributed by atoms with E-state index in [0.717, 1.165) is 26.2 Å². The predicted octanol–water partition coefficient (Wildman–Crippen LogP) is 2.57. The zero-order valence-electron chi connectivity index (χ0n) is 16.0. The summed E-state index contributed by atoms with van der Waals surface area (Å²) in [5.74, 6) is -0.142. The maximum atomic E-state index is 14.5. The van der Waals surface area contributed by atoms with Crippen LogP contribution in [-0.2, 0) is 4.74 Å². The van der Waals surface area contributed by atoms with Gasteiger partial charge in [0.15, 0.2) is 6.17 Å². The maximum Gasteiger partial charge on any atom is 0.410 e. The molecule has 0 saturated carbocycles. The summed E-state index contributed by atoms with van der Waals surface area (Å²) in [7, 11) is 0. The van der Waals surface area contributed by atoms with Gasteiger partial charge in [0.05, 0.1) is 18.8 Å². The predicted molar refractivity (Wildman–Crippen MR) is 98.6 cm³/mol. The van der Waals surface area contributed by atoms with Gasteiger partial charge in [-0.2, -0.15) is 0 Å². The van der Waals surface area contributed by atoms with Crippen molar-refractivity contribution < 1.29 is 23.0 Å². The molecule has 0 radical (unpaired) electrons. The van der Waals surface area contributed by atoms with Crippen LogP contribution in [0.5, 0.6) is 5.75 Å². The van der Waals surface area contributed by atoms with Crippen LogP contribution in [0.1, 0.15) is 20.8 Å². The van der Waals surface area contributed by atoms with E-state index in [4.69, 9.17) is 9.47 Å². The standard InChI is InChI=1S/C19H27F2N3O3/c1-19(2,3)27-18(25)24-11-15(21)17(12-24)26-13-4-5-16(14(20)10-13)23-8-6-22-7-9-23/h4-5,10,15,17,22H,6-9,11-12H2,1-3H3/t15-,17-/m0/s1. The Balaban J connectivity index is 1.61. The second-order valence-electron chi connectivity index (χ2n) is 7.91. The number of nitrogens with zero attached hydrogens (tertiary/aromatic N) is 2. The van der Waals surface area contributed by atoms with E-state index in [9.17, 15) is 13.6 Å². The lowest BCUT2D eigenvalue weighted by molar-refractivity contribution is 0.0273. The molecule has 0 spiro atoms. The van der Waals surface area contributed by atoms with Crippen LogP contribution in [0.15, 0.2) is 18.2 Å². The molecule has 0 bridgehead atoms. The van der Waals surface area contributed by atoms with Gasteiger partial charge in [-0.1, -0.05) is 0 Å². The van der Waals surface area contributed by atoms with Crippen LogP contribution in [0.4, 0.5) is 19.3 Å². The van der Waals surface area contributed by atoms with Crippen LogP contribution >= 0.6 is 0 Å². The van der Waals surface area contributed by atoms with Crippen LogP contribution in [0.2, 0.25) is 0 Å². The van der Waals surface area contributed by atoms with Gasteiger partial charge < -0.3 is 24.6 Å². The summed E-state index contributed by atoms with van der Waals surface area (Å²) in [4.78, 5) is 15.3. The highest BCUT2D eigenvalue weighted by Gasteiger charge is 2.39. The molecule has 3 rings (SSSR count). The normalized spacial score (nSPS) is 23.4. The minimum absolute atomic E-state index is 0.0667. The summed E-state index contributed by atoms with van der Waals surface area (Å²) in [5, 5.41) is 3.22. The fourth-order valence-corrected chi connectivity index (χ4v) is 3.22. The van der Waals surface area contributed by atoms with Crippen LogP contribution in [-0.4, -0.2) is 68.1 Å². The van der Waals surface area contributed by atoms with Crippen LogP contribution < -0.4 is 15.0 Å². The smallest absolute Gasteiger partial charge is 0.410 e. The highest BCUT2D eigenvalue weighted by atomic mass is 19.1. The molecule has 1 aromatic rings. The van der Waals surface area contributed by atoms with E-state index in [1.807, 2.05) is 4.90 Å². The number of carbonyl (C=O) groups is 1. The summed E-state index contributed by atoms with van der Waals surface area (Å²) < 4.78 is 39.7. The quantitative estimate of drug-likeness (QED) is 0.870. The van der Waals surface area contributed by atoms with Crippen molar-refractivity contribution >= 4 is 11.8 Å². The lowest BCUT2D eigenvalue weighted by Gasteiger charge is -2.30. The summed E-state index contributed by atoms with van der Waals surface area (Å²) >= 11 is 0. The molecule has 0 aromatic heterocycles. The van der Waals surface area contributed by atoms with Crippen LogP contribution in [0.25, 0.3) is 0 Å². The molecule has 2 aliphatic heterocycles. The van der Waals surface area contributed by atoms with Gasteiger partial charge in [-0.15, -0.1) is 0 Å². The van der Waals surface area contributed by atoms with Crippen molar-refractivity contribution in [2.75, 3.05) is 44.2 Å². The molecule has 1 N–H and O–H groups in total. The molecule has 6 nitrogen and oxygen atoms in total. The third-order valence-electron chi connectivity index (χ3n) is 4.51. The fraction of sp³-hybridized carbons (Fsp3) is 0.632. The Morgan fingerprint density at radius 1 is 1.22 bits per heavy atom. The first-order valence-corrected chi connectivity index (χ1v) is 9.27. The molecule has 27 heavy (non-hydrogen) atoms. The Hall–Kier alpha value is -2.09. The summed E-state index contributed by atoms with van der Waals surface area (Å²) in [6.45, 7) is 8.32. The summed E-state index contributed by atoms with van der Waals surface area (Å²) in [6.07, 6.45) is -2.77. The number of piperazine rings is 1. The number of benzene rings is 1. The van der Waals surface area contributed by atoms with Gasteiger partial charge in [0, 0.05) is 32.2 Å². The average Bonchev–Trinajstić information content (AvgIpc) is 2.95. The van der Waals surface area contributed by atoms with Gasteiger partial charge in [0.2, 0.25) is 0 Å². The monoisotopic (exact) mass is 383 g/mol. The van der Waals surface area contributed by atoms with E-state index in [0.29, 0.717) is 5.69 Å². The zero-order valence-corrected chi connectivity index (χ0v) is 16.0. The van der Waals surface area contributed by atoms with Crippen molar-refractivity contribution in [3.63, 3.8) is 0 Å². The second-order valence-corrected chi connectivity index (χ2v) is 7.91. The minimum Gasteiger partial charge on any atom is -0.485 e. The molecule has 2 atom stereocenters. The minimum atomic E-state index is -1.35. The molecule has 2 heterocycles. The first-order chi connectivity index (χ1) is 12.7. The Kier molecular flexibility index (Phi) is 5.74. The first-order valence-electron chi connectivity index (χ1n) is 9.27. The Labute approximate surface area is 158 Å². The van der Waals surface area contributed by atoms with E-state index >= 15 is 0 Å². The van der Waals surface area contributed by atoms with Crippen molar-refractivity contribution in [3.05, 3.63) is 24.0 Å². The molecule has 1 amide bonds. The van der Waals surface area contributed by atoms with E-state index in [2.05, 4.69) is 5.32 Å². The summed E-state index contributed by atoms with van der Waals surface area (Å²) in [5.41, 5.74) is -0.132. The molecule has 2 fully saturated rings. The number of halogens is 2. The molecular weight excluding hydrogens is 356 g/mol. The van der Waals surface area contributed by atoms with Gasteiger partial charge in [0.25, 0.3) is 0 Å². The highest BCUT2D eigenvalue weighted by Crippen LogP contribution is 2.27. The number of ether oxygens (including phenoxy) is 2. The Bertz CT molecular complexity index is 675. The molecule has 0 aliphatic carbocycles. The molecule has 2 aliphatic rings. The number of hydrogen-bond acceptors (Lipinski definition) is 5. The van der Waals surface area contributed by atoms with Crippen molar-refractivity contribution in [2.24, 2.45) is 0 Å². The number of amides is 1. The number of likely N-dealkylation sites (tertiary alicyclic amines) is 1. The van der Waals surface area contributed by atoms with E-state index in [1.54, 1.807) is 32.9 Å². The van der Waals surface area contributed by atoms with Gasteiger partial charge in [0.1, 0.15) is 23.3 Å². The van der Waals surface area contributed by atoms with Crippen LogP contribution in [0, 0.1) is 5.82 Å². The summed E-state index contributed by atoms with van der Waals surface area (Å²) in [6, 6.07) is 4.58. The number of nitrogens with one attached hydrogen (secondary N) is 1. The number of hydrogen-bond donors (Lipinski definition) is 1. The molecule has 0 unspecified atom stereocenters. The van der Waals surface area contributed by atoms with E-state index in [1.165, 1.54) is 11.0 Å². The molecular formula is C19H27F2N3O3. The number of alkyl halides is 1. The van der Waals surface area contributed by atoms with Gasteiger partial charge >= 0.3 is 6.09 Å². The highest BCUT2D eigenvalue weighted by molar-refractivity contribution is 5.68. The molecule has 2 saturated heterocycles. The first kappa shape index (κ1) is 19.7. The van der Waals surface area contributed by atoms with E-state index < -0.39 is 29.8 Å². The van der Waals surface area contributed by atoms with Crippen molar-refractivity contribution in [1.29, 1.82) is 0 Å². The number of rotatable bonds is 3. The molecule has 150 valence electrons. The second kappa shape index (κ2) is 7.88. The number of anilines is 1. The maximum absolute atomic E-state index is 14.5. The average molecular weight is 383 g/mol. The topological polar surface area (TPSA) is 54.0 Å². The van der Waals surface area contributed by atoms with Gasteiger partial charge in [-0.25, -0.2) is 13.6 Å². The zero-order chi connectivity index (χ0) is 19.6. The van der Waals surface area contributed by atoms with Crippen molar-refractivity contribution in [3.8, 4) is 5.75 Å². The van der Waals surface area contributed by atoms with Gasteiger partial charge in [-0.3, -0.25) is 0 Å². The third-order valence-corrected chi connectivity index (χ3v) is 4.51. The SMILES string of the molecule is CC(C)(C)OC(=O)N1C[C@H](Oc2ccc(N3CCNCC3)c(F)c2)[C@@H](F)C1.